The minimum Gasteiger partial charge on any atom is -0.494 e. The van der Waals surface area contributed by atoms with Crippen LogP contribution in [0.25, 0.3) is 0 Å². The number of carbonyl (C=O) groups is 1. The highest BCUT2D eigenvalue weighted by molar-refractivity contribution is 5.98. The summed E-state index contributed by atoms with van der Waals surface area (Å²) in [5.74, 6) is 0.786. The van der Waals surface area contributed by atoms with Gasteiger partial charge in [-0.1, -0.05) is 0 Å². The molecule has 1 N–H and O–H groups in total. The molecule has 6 heteroatoms. The fourth-order valence-corrected chi connectivity index (χ4v) is 2.02. The molecule has 0 aliphatic carbocycles. The molecule has 0 aliphatic rings. The fourth-order valence-electron chi connectivity index (χ4n) is 2.02. The van der Waals surface area contributed by atoms with Crippen molar-refractivity contribution in [2.24, 2.45) is 0 Å². The van der Waals surface area contributed by atoms with Gasteiger partial charge in [0.2, 0.25) is 0 Å². The van der Waals surface area contributed by atoms with Gasteiger partial charge in [-0.2, -0.15) is 0 Å². The summed E-state index contributed by atoms with van der Waals surface area (Å²) in [5.41, 5.74) is 0.539. The Labute approximate surface area is 135 Å². The number of ether oxygens (including phenoxy) is 1. The normalized spacial score (nSPS) is 10.2. The Morgan fingerprint density at radius 1 is 1.26 bits per heavy atom. The lowest BCUT2D eigenvalue weighted by Gasteiger charge is -2.15. The van der Waals surface area contributed by atoms with Gasteiger partial charge in [-0.25, -0.2) is 9.37 Å². The quantitative estimate of drug-likeness (QED) is 0.797. The van der Waals surface area contributed by atoms with Crippen LogP contribution in [0, 0.1) is 5.82 Å². The van der Waals surface area contributed by atoms with Crippen molar-refractivity contribution in [3.63, 3.8) is 0 Å². The zero-order valence-electron chi connectivity index (χ0n) is 13.3. The van der Waals surface area contributed by atoms with Gasteiger partial charge in [0, 0.05) is 26.8 Å². The third kappa shape index (κ3) is 4.95. The molecule has 122 valence electrons. The summed E-state index contributed by atoms with van der Waals surface area (Å²) in [4.78, 5) is 18.2. The summed E-state index contributed by atoms with van der Waals surface area (Å²) in [6.07, 6.45) is 2.31. The van der Waals surface area contributed by atoms with Gasteiger partial charge in [-0.3, -0.25) is 4.79 Å². The molecule has 5 nitrogen and oxygen atoms in total. The van der Waals surface area contributed by atoms with Gasteiger partial charge in [-0.05, 0) is 42.8 Å². The van der Waals surface area contributed by atoms with Crippen LogP contribution in [-0.2, 0) is 0 Å². The number of pyridine rings is 1. The number of amides is 1. The molecule has 1 amide bonds. The van der Waals surface area contributed by atoms with Crippen molar-refractivity contribution in [3.05, 3.63) is 54.0 Å². The van der Waals surface area contributed by atoms with Crippen molar-refractivity contribution in [1.82, 2.24) is 10.3 Å². The number of rotatable bonds is 7. The zero-order valence-corrected chi connectivity index (χ0v) is 13.3. The Balaban J connectivity index is 1.76. The summed E-state index contributed by atoms with van der Waals surface area (Å²) in [5, 5.41) is 2.84. The van der Waals surface area contributed by atoms with Crippen LogP contribution in [0.4, 0.5) is 10.2 Å². The highest BCUT2D eigenvalue weighted by atomic mass is 19.1. The van der Waals surface area contributed by atoms with Crippen LogP contribution in [0.15, 0.2) is 42.6 Å². The molecule has 0 atom stereocenters. The molecule has 0 saturated heterocycles. The fraction of sp³-hybridized carbons (Fsp3) is 0.294. The van der Waals surface area contributed by atoms with Gasteiger partial charge in [-0.15, -0.1) is 0 Å². The maximum atomic E-state index is 12.8. The number of halogens is 1. The second kappa shape index (κ2) is 8.12. The summed E-state index contributed by atoms with van der Waals surface area (Å²) >= 11 is 0. The minimum atomic E-state index is -0.294. The topological polar surface area (TPSA) is 54.5 Å². The van der Waals surface area contributed by atoms with Crippen molar-refractivity contribution in [2.45, 2.75) is 6.42 Å². The maximum Gasteiger partial charge on any atom is 0.255 e. The lowest BCUT2D eigenvalue weighted by Crippen LogP contribution is -2.28. The number of carbonyl (C=O) groups excluding carboxylic acids is 1. The summed E-state index contributed by atoms with van der Waals surface area (Å²) in [6, 6.07) is 9.33. The highest BCUT2D eigenvalue weighted by Crippen LogP contribution is 2.14. The van der Waals surface area contributed by atoms with Gasteiger partial charge >= 0.3 is 0 Å². The standard InChI is InChI=1S/C17H20FN3O2/c1-21(2)16-15(5-3-10-19-16)17(22)20-11-4-12-23-14-8-6-13(18)7-9-14/h3,5-10H,4,11-12H2,1-2H3,(H,20,22). The summed E-state index contributed by atoms with van der Waals surface area (Å²) < 4.78 is 18.2. The first-order valence-electron chi connectivity index (χ1n) is 7.37. The van der Waals surface area contributed by atoms with Crippen LogP contribution in [-0.4, -0.2) is 38.1 Å². The predicted molar refractivity (Wildman–Crippen MR) is 87.4 cm³/mol. The van der Waals surface area contributed by atoms with Crippen LogP contribution >= 0.6 is 0 Å². The van der Waals surface area contributed by atoms with E-state index >= 15 is 0 Å². The first-order chi connectivity index (χ1) is 11.1. The van der Waals surface area contributed by atoms with Gasteiger partial charge < -0.3 is 15.0 Å². The van der Waals surface area contributed by atoms with E-state index in [2.05, 4.69) is 10.3 Å². The van der Waals surface area contributed by atoms with Gasteiger partial charge in [0.25, 0.3) is 5.91 Å². The molecule has 0 fully saturated rings. The molecule has 2 rings (SSSR count). The first-order valence-corrected chi connectivity index (χ1v) is 7.37. The SMILES string of the molecule is CN(C)c1ncccc1C(=O)NCCCOc1ccc(F)cc1. The highest BCUT2D eigenvalue weighted by Gasteiger charge is 2.12. The molecule has 0 aliphatic heterocycles. The van der Waals surface area contributed by atoms with Crippen molar-refractivity contribution in [1.29, 1.82) is 0 Å². The average Bonchev–Trinajstić information content (AvgIpc) is 2.56. The Bertz CT molecular complexity index is 645. The molecule has 1 aromatic heterocycles. The van der Waals surface area contributed by atoms with E-state index in [9.17, 15) is 9.18 Å². The number of benzene rings is 1. The largest absolute Gasteiger partial charge is 0.494 e. The van der Waals surface area contributed by atoms with E-state index in [0.29, 0.717) is 36.7 Å². The second-order valence-corrected chi connectivity index (χ2v) is 5.18. The monoisotopic (exact) mass is 317 g/mol. The Hall–Kier alpha value is -2.63. The molecule has 0 radical (unpaired) electrons. The summed E-state index contributed by atoms with van der Waals surface area (Å²) in [6.45, 7) is 0.932. The molecule has 0 bridgehead atoms. The first kappa shape index (κ1) is 16.7. The third-order valence-electron chi connectivity index (χ3n) is 3.14. The van der Waals surface area contributed by atoms with E-state index in [-0.39, 0.29) is 11.7 Å². The molecule has 2 aromatic rings. The number of hydrogen-bond donors (Lipinski definition) is 1. The summed E-state index contributed by atoms with van der Waals surface area (Å²) in [7, 11) is 3.69. The molecular formula is C17H20FN3O2. The molecule has 1 aromatic carbocycles. The van der Waals surface area contributed by atoms with Gasteiger partial charge in [0.1, 0.15) is 17.4 Å². The van der Waals surface area contributed by atoms with Crippen molar-refractivity contribution >= 4 is 11.7 Å². The van der Waals surface area contributed by atoms with Gasteiger partial charge in [0.05, 0.1) is 12.2 Å². The van der Waals surface area contributed by atoms with Crippen LogP contribution in [0.5, 0.6) is 5.75 Å². The van der Waals surface area contributed by atoms with Crippen molar-refractivity contribution in [3.8, 4) is 5.75 Å². The molecular weight excluding hydrogens is 297 g/mol. The lowest BCUT2D eigenvalue weighted by atomic mass is 10.2. The van der Waals surface area contributed by atoms with Crippen molar-refractivity contribution in [2.75, 3.05) is 32.1 Å². The van der Waals surface area contributed by atoms with E-state index < -0.39 is 0 Å². The Kier molecular flexibility index (Phi) is 5.91. The minimum absolute atomic E-state index is 0.163. The zero-order chi connectivity index (χ0) is 16.7. The van der Waals surface area contributed by atoms with Crippen LogP contribution in [0.3, 0.4) is 0 Å². The predicted octanol–water partition coefficient (Wildman–Crippen LogP) is 2.49. The number of nitrogens with zero attached hydrogens (tertiary/aromatic N) is 2. The van der Waals surface area contributed by atoms with Crippen LogP contribution < -0.4 is 15.0 Å². The number of nitrogens with one attached hydrogen (secondary N) is 1. The third-order valence-corrected chi connectivity index (χ3v) is 3.14. The molecule has 0 saturated carbocycles. The Morgan fingerprint density at radius 2 is 2.00 bits per heavy atom. The van der Waals surface area contributed by atoms with E-state index in [1.807, 2.05) is 14.1 Å². The smallest absolute Gasteiger partial charge is 0.255 e. The van der Waals surface area contributed by atoms with Crippen LogP contribution in [0.2, 0.25) is 0 Å². The lowest BCUT2D eigenvalue weighted by molar-refractivity contribution is 0.0952. The van der Waals surface area contributed by atoms with E-state index in [0.717, 1.165) is 0 Å². The van der Waals surface area contributed by atoms with Crippen LogP contribution in [0.1, 0.15) is 16.8 Å². The molecule has 0 unspecified atom stereocenters. The Morgan fingerprint density at radius 3 is 2.70 bits per heavy atom. The number of aromatic nitrogens is 1. The molecule has 1 heterocycles. The maximum absolute atomic E-state index is 12.8. The average molecular weight is 317 g/mol. The number of anilines is 1. The van der Waals surface area contributed by atoms with Crippen molar-refractivity contribution < 1.29 is 13.9 Å². The van der Waals surface area contributed by atoms with E-state index in [1.165, 1.54) is 12.1 Å². The van der Waals surface area contributed by atoms with E-state index in [1.54, 1.807) is 35.4 Å². The molecule has 0 spiro atoms. The van der Waals surface area contributed by atoms with E-state index in [4.69, 9.17) is 4.74 Å². The second-order valence-electron chi connectivity index (χ2n) is 5.18. The molecule has 23 heavy (non-hydrogen) atoms. The van der Waals surface area contributed by atoms with Gasteiger partial charge in [0.15, 0.2) is 0 Å². The number of hydrogen-bond acceptors (Lipinski definition) is 4.